The van der Waals surface area contributed by atoms with E-state index in [-0.39, 0.29) is 88.2 Å². The number of benzene rings is 4. The molecule has 3 aliphatic rings. The summed E-state index contributed by atoms with van der Waals surface area (Å²) in [5, 5.41) is 40.5. The summed E-state index contributed by atoms with van der Waals surface area (Å²) in [6, 6.07) is 20.3. The van der Waals surface area contributed by atoms with Gasteiger partial charge in [-0.05, 0) is 160 Å². The normalized spacial score (nSPS) is 16.2. The minimum absolute atomic E-state index is 0.00738. The standard InChI is InChI=1S/C81H102N16O18S2/c1-10-30-84-78(110)87-53-21-15-23-55(37-53)117(112,113)95-54-22-14-20-49(36-54)59(40-67(100)101)93-79(111)86-51-26-28-52(29-27-51)88-80(116)96-32-17-25-63(96)74(106)83-31-16-18-47(9)70(102)91-60(33-44(3)4)71(103)85-41-66(99)89-61(34-45(5)6)72(104)92-62(39-65(82)98)73(105)94-68(46(7)8)76(108)115-81(11-2)57-38-64-69-50(35-48-19-12-13-24-58(48)90-69)42-97(64)75(107)56(57)43-114-77(81)109/h12-15,19-24,26-29,35-38,44-47,59-63,68,95H,10-11,16-18,25,30-34,39-43H2,1-9H3,(H2,82,98)(H,83,106)(H,85,103)(H,88,116)(H,89,99)(H,91,102)(H,92,104)(H,94,105)(H,100,101)(H2,84,87,110)(H2,86,93,111). The Kier molecular flexibility index (Phi) is 30.4. The number of thiocarbonyl (C=S) groups is 1. The Morgan fingerprint density at radius 1 is 0.692 bits per heavy atom. The van der Waals surface area contributed by atoms with Gasteiger partial charge in [0.1, 0.15) is 36.8 Å². The molecule has 0 saturated carbocycles. The highest BCUT2D eigenvalue weighted by molar-refractivity contribution is 7.92. The van der Waals surface area contributed by atoms with E-state index in [1.165, 1.54) is 53.1 Å². The van der Waals surface area contributed by atoms with Gasteiger partial charge in [0.2, 0.25) is 47.0 Å². The van der Waals surface area contributed by atoms with Crippen LogP contribution in [-0.2, 0) is 86.2 Å². The second-order valence-corrected chi connectivity index (χ2v) is 32.5. The zero-order valence-electron chi connectivity index (χ0n) is 66.6. The SMILES string of the molecule is CCCNC(=O)Nc1cccc(S(=O)(=O)Nc2cccc(C(CC(=O)O)NC(=O)Nc3ccc(NC(=S)N4CCCC4C(=O)NCCCC(C)C(=O)NC(CC(C)C)C(=O)NCC(=O)NC(CC(C)C)C(=O)NC(CC(N)=O)C(=O)NC(C(=O)OC4(CC)C(=O)OCc5c4cc4n(c5=O)Cc5cc6ccccc6nc5-4)C(C)C)cc3)c2)c1. The lowest BCUT2D eigenvalue weighted by molar-refractivity contribution is -0.191. The fourth-order valence-electron chi connectivity index (χ4n) is 13.9. The molecule has 117 heavy (non-hydrogen) atoms. The predicted molar refractivity (Wildman–Crippen MR) is 439 cm³/mol. The van der Waals surface area contributed by atoms with Gasteiger partial charge >= 0.3 is 30.0 Å². The van der Waals surface area contributed by atoms with Gasteiger partial charge in [-0.2, -0.15) is 0 Å². The molecule has 11 amide bonds. The van der Waals surface area contributed by atoms with E-state index in [9.17, 15) is 75.9 Å². The number of anilines is 4. The van der Waals surface area contributed by atoms with E-state index < -0.39 is 161 Å². The maximum atomic E-state index is 14.5. The topological polar surface area (TPSA) is 486 Å². The highest BCUT2D eigenvalue weighted by atomic mass is 32.2. The number of sulfonamides is 1. The second-order valence-electron chi connectivity index (χ2n) is 30.4. The number of aromatic nitrogens is 2. The quantitative estimate of drug-likeness (QED) is 0.0114. The van der Waals surface area contributed by atoms with E-state index in [2.05, 4.69) is 63.2 Å². The highest BCUT2D eigenvalue weighted by Crippen LogP contribution is 2.42. The molecule has 8 atom stereocenters. The number of aliphatic carboxylic acids is 1. The van der Waals surface area contributed by atoms with E-state index >= 15 is 0 Å². The van der Waals surface area contributed by atoms with Crippen LogP contribution in [0.3, 0.4) is 0 Å². The number of cyclic esters (lactones) is 1. The molecule has 2 aromatic heterocycles. The summed E-state index contributed by atoms with van der Waals surface area (Å²) in [4.78, 5) is 183. The number of urea groups is 2. The minimum atomic E-state index is -4.20. The Bertz CT molecular complexity index is 4940. The Morgan fingerprint density at radius 2 is 1.35 bits per heavy atom. The number of carbonyl (C=O) groups excluding carboxylic acids is 11. The number of pyridine rings is 2. The maximum absolute atomic E-state index is 14.5. The number of carboxylic acid groups (broad SMARTS) is 1. The van der Waals surface area contributed by atoms with Gasteiger partial charge in [-0.3, -0.25) is 47.9 Å². The average molecular weight is 1650 g/mol. The van der Waals surface area contributed by atoms with Crippen LogP contribution in [0.15, 0.2) is 119 Å². The van der Waals surface area contributed by atoms with E-state index in [1.807, 2.05) is 51.1 Å². The number of nitrogens with two attached hydrogens (primary N) is 1. The highest BCUT2D eigenvalue weighted by Gasteiger charge is 2.52. The van der Waals surface area contributed by atoms with Crippen LogP contribution in [0.5, 0.6) is 0 Å². The van der Waals surface area contributed by atoms with Crippen LogP contribution < -0.4 is 74.5 Å². The molecule has 9 rings (SSSR count). The molecule has 4 aromatic carbocycles. The Labute approximate surface area is 682 Å². The molecule has 6 aromatic rings. The number of hydrogen-bond donors (Lipinski definition) is 14. The smallest absolute Gasteiger partial charge is 0.355 e. The first-order valence-corrected chi connectivity index (χ1v) is 40.8. The minimum Gasteiger partial charge on any atom is -0.481 e. The summed E-state index contributed by atoms with van der Waals surface area (Å²) < 4.78 is 42.6. The predicted octanol–water partition coefficient (Wildman–Crippen LogP) is 6.37. The molecule has 0 aliphatic carbocycles. The second kappa shape index (κ2) is 40.0. The van der Waals surface area contributed by atoms with E-state index in [4.69, 9.17) is 32.4 Å². The molecular weight excluding hydrogens is 1550 g/mol. The first kappa shape index (κ1) is 88.9. The molecular formula is C81H102N16O18S2. The number of nitrogens with zero attached hydrogens (tertiary/aromatic N) is 3. The third kappa shape index (κ3) is 23.4. The number of hydrogen-bond acceptors (Lipinski definition) is 19. The van der Waals surface area contributed by atoms with Gasteiger partial charge < -0.3 is 88.3 Å². The molecule has 626 valence electrons. The van der Waals surface area contributed by atoms with E-state index in [0.29, 0.717) is 73.5 Å². The number of primary amides is 1. The molecule has 8 unspecified atom stereocenters. The molecule has 34 nitrogen and oxygen atoms in total. The lowest BCUT2D eigenvalue weighted by atomic mass is 9.85. The number of rotatable bonds is 37. The van der Waals surface area contributed by atoms with Crippen LogP contribution in [0.25, 0.3) is 22.3 Å². The zero-order valence-corrected chi connectivity index (χ0v) is 68.2. The van der Waals surface area contributed by atoms with Gasteiger partial charge in [-0.25, -0.2) is 32.6 Å². The maximum Gasteiger partial charge on any atom is 0.355 e. The first-order chi connectivity index (χ1) is 55.6. The Morgan fingerprint density at radius 3 is 2.03 bits per heavy atom. The number of amides is 11. The molecule has 1 saturated heterocycles. The summed E-state index contributed by atoms with van der Waals surface area (Å²) in [6.07, 6.45) is 1.24. The fourth-order valence-corrected chi connectivity index (χ4v) is 15.4. The Hall–Kier alpha value is -12.1. The number of carboxylic acids is 1. The lowest BCUT2D eigenvalue weighted by Gasteiger charge is -2.37. The molecule has 15 N–H and O–H groups in total. The van der Waals surface area contributed by atoms with Crippen molar-refractivity contribution in [2.24, 2.45) is 29.4 Å². The summed E-state index contributed by atoms with van der Waals surface area (Å²) in [6.45, 7) is 15.8. The van der Waals surface area contributed by atoms with Crippen LogP contribution in [0, 0.1) is 23.7 Å². The van der Waals surface area contributed by atoms with Crippen molar-refractivity contribution in [1.29, 1.82) is 0 Å². The van der Waals surface area contributed by atoms with Gasteiger partial charge in [0.25, 0.3) is 15.6 Å². The molecule has 0 spiro atoms. The van der Waals surface area contributed by atoms with Gasteiger partial charge in [0, 0.05) is 64.8 Å². The number of esters is 2. The largest absolute Gasteiger partial charge is 0.481 e. The van der Waals surface area contributed by atoms with Crippen molar-refractivity contribution in [3.63, 3.8) is 0 Å². The number of carbonyl (C=O) groups is 12. The summed E-state index contributed by atoms with van der Waals surface area (Å²) in [5.74, 6) is -10.2. The van der Waals surface area contributed by atoms with Crippen molar-refractivity contribution in [2.75, 3.05) is 46.9 Å². The van der Waals surface area contributed by atoms with Gasteiger partial charge in [0.15, 0.2) is 5.11 Å². The van der Waals surface area contributed by atoms with Gasteiger partial charge in [-0.15, -0.1) is 0 Å². The molecule has 0 radical (unpaired) electrons. The monoisotopic (exact) mass is 1650 g/mol. The van der Waals surface area contributed by atoms with Crippen molar-refractivity contribution in [3.05, 3.63) is 142 Å². The van der Waals surface area contributed by atoms with Crippen molar-refractivity contribution in [3.8, 4) is 11.4 Å². The zero-order chi connectivity index (χ0) is 85.2. The van der Waals surface area contributed by atoms with Crippen molar-refractivity contribution in [1.82, 2.24) is 57.0 Å². The van der Waals surface area contributed by atoms with Gasteiger partial charge in [-0.1, -0.05) is 98.7 Å². The van der Waals surface area contributed by atoms with Crippen LogP contribution in [0.4, 0.5) is 32.3 Å². The number of nitrogens with one attached hydrogen (secondary N) is 12. The van der Waals surface area contributed by atoms with Crippen LogP contribution in [0.1, 0.15) is 155 Å². The number of para-hydroxylation sites is 1. The number of fused-ring (bicyclic) bond motifs is 5. The third-order valence-corrected chi connectivity index (χ3v) is 21.7. The summed E-state index contributed by atoms with van der Waals surface area (Å²) >= 11 is 5.76. The third-order valence-electron chi connectivity index (χ3n) is 20.0. The van der Waals surface area contributed by atoms with Gasteiger partial charge in [0.05, 0.1) is 59.3 Å². The number of ether oxygens (including phenoxy) is 2. The summed E-state index contributed by atoms with van der Waals surface area (Å²) in [7, 11) is -4.20. The van der Waals surface area contributed by atoms with E-state index in [1.54, 1.807) is 76.8 Å². The first-order valence-electron chi connectivity index (χ1n) is 38.9. The average Bonchev–Trinajstić information content (AvgIpc) is 1.64. The Balaban J connectivity index is 0.719. The van der Waals surface area contributed by atoms with Crippen molar-refractivity contribution in [2.45, 2.75) is 186 Å². The fraction of sp³-hybridized carbons (Fsp3) is 0.444. The molecule has 0 bridgehead atoms. The molecule has 3 aliphatic heterocycles. The van der Waals surface area contributed by atoms with Crippen LogP contribution >= 0.6 is 12.2 Å². The molecule has 5 heterocycles. The number of likely N-dealkylation sites (tertiary alicyclic amines) is 1. The van der Waals surface area contributed by atoms with E-state index in [0.717, 1.165) is 10.9 Å². The molecule has 36 heteroatoms. The lowest BCUT2D eigenvalue weighted by Crippen LogP contribution is -2.59. The van der Waals surface area contributed by atoms with Crippen molar-refractivity contribution < 1.29 is 80.5 Å². The summed E-state index contributed by atoms with van der Waals surface area (Å²) in [5.41, 5.74) is 6.97. The van der Waals surface area contributed by atoms with Crippen molar-refractivity contribution >= 4 is 132 Å². The van der Waals surface area contributed by atoms with Crippen LogP contribution in [-0.4, -0.2) is 161 Å². The van der Waals surface area contributed by atoms with Crippen LogP contribution in [0.2, 0.25) is 0 Å². The molecule has 1 fully saturated rings.